The Morgan fingerprint density at radius 1 is 1.30 bits per heavy atom. The maximum Gasteiger partial charge on any atom is 0.348 e. The summed E-state index contributed by atoms with van der Waals surface area (Å²) in [5.74, 6) is -1.02. The third-order valence-electron chi connectivity index (χ3n) is 2.48. The summed E-state index contributed by atoms with van der Waals surface area (Å²) in [6.45, 7) is 0. The van der Waals surface area contributed by atoms with Crippen LogP contribution in [0.5, 0.6) is 0 Å². The van der Waals surface area contributed by atoms with Gasteiger partial charge in [-0.1, -0.05) is 0 Å². The lowest BCUT2D eigenvalue weighted by Crippen LogP contribution is -2.09. The van der Waals surface area contributed by atoms with E-state index in [9.17, 15) is 9.59 Å². The number of carbonyl (C=O) groups is 1. The SMILES string of the molecule is O=C(O)c1ccc(Sc2cc3n[nH]c(=O)n3cn2)nc1. The number of fused-ring (bicyclic) bond motifs is 1. The van der Waals surface area contributed by atoms with Crippen LogP contribution >= 0.6 is 11.8 Å². The molecule has 3 rings (SSSR count). The van der Waals surface area contributed by atoms with E-state index in [-0.39, 0.29) is 11.3 Å². The summed E-state index contributed by atoms with van der Waals surface area (Å²) in [5, 5.41) is 16.1. The Bertz CT molecular complexity index is 839. The third kappa shape index (κ3) is 2.26. The second kappa shape index (κ2) is 4.78. The van der Waals surface area contributed by atoms with Crippen LogP contribution in [0.4, 0.5) is 0 Å². The van der Waals surface area contributed by atoms with Gasteiger partial charge >= 0.3 is 11.7 Å². The Labute approximate surface area is 115 Å². The molecule has 9 heteroatoms. The highest BCUT2D eigenvalue weighted by Crippen LogP contribution is 2.24. The van der Waals surface area contributed by atoms with E-state index in [1.165, 1.54) is 34.8 Å². The first kappa shape index (κ1) is 12.4. The van der Waals surface area contributed by atoms with E-state index < -0.39 is 5.97 Å². The second-order valence-corrected chi connectivity index (χ2v) is 4.82. The van der Waals surface area contributed by atoms with E-state index in [2.05, 4.69) is 20.2 Å². The van der Waals surface area contributed by atoms with Crippen molar-refractivity contribution >= 4 is 23.4 Å². The topological polar surface area (TPSA) is 113 Å². The molecule has 8 nitrogen and oxygen atoms in total. The number of pyridine rings is 1. The lowest BCUT2D eigenvalue weighted by atomic mass is 10.3. The first-order valence-electron chi connectivity index (χ1n) is 5.43. The minimum atomic E-state index is -1.02. The van der Waals surface area contributed by atoms with Gasteiger partial charge in [0.15, 0.2) is 5.65 Å². The normalized spacial score (nSPS) is 10.8. The van der Waals surface area contributed by atoms with Crippen LogP contribution in [0.3, 0.4) is 0 Å². The number of rotatable bonds is 3. The fourth-order valence-electron chi connectivity index (χ4n) is 1.52. The van der Waals surface area contributed by atoms with Gasteiger partial charge in [-0.2, -0.15) is 5.10 Å². The molecule has 20 heavy (non-hydrogen) atoms. The van der Waals surface area contributed by atoms with Gasteiger partial charge in [-0.25, -0.2) is 29.1 Å². The zero-order valence-electron chi connectivity index (χ0n) is 9.85. The average molecular weight is 289 g/mol. The van der Waals surface area contributed by atoms with Crippen molar-refractivity contribution in [2.75, 3.05) is 0 Å². The van der Waals surface area contributed by atoms with Gasteiger partial charge in [0.25, 0.3) is 0 Å². The Morgan fingerprint density at radius 3 is 2.85 bits per heavy atom. The molecule has 3 aromatic rings. The first-order chi connectivity index (χ1) is 9.63. The number of aromatic amines is 1. The number of aromatic carboxylic acids is 1. The van der Waals surface area contributed by atoms with Crippen molar-refractivity contribution in [3.05, 3.63) is 46.8 Å². The van der Waals surface area contributed by atoms with Gasteiger partial charge in [0, 0.05) is 12.3 Å². The zero-order valence-corrected chi connectivity index (χ0v) is 10.7. The van der Waals surface area contributed by atoms with Gasteiger partial charge in [0.05, 0.1) is 5.56 Å². The molecule has 0 radical (unpaired) electrons. The van der Waals surface area contributed by atoms with Crippen molar-refractivity contribution < 1.29 is 9.90 Å². The van der Waals surface area contributed by atoms with Crippen molar-refractivity contribution in [3.63, 3.8) is 0 Å². The zero-order chi connectivity index (χ0) is 14.1. The number of nitrogens with zero attached hydrogens (tertiary/aromatic N) is 4. The van der Waals surface area contributed by atoms with E-state index in [0.717, 1.165) is 0 Å². The van der Waals surface area contributed by atoms with E-state index in [4.69, 9.17) is 5.11 Å². The number of carboxylic acid groups (broad SMARTS) is 1. The molecule has 100 valence electrons. The highest BCUT2D eigenvalue weighted by molar-refractivity contribution is 7.99. The lowest BCUT2D eigenvalue weighted by molar-refractivity contribution is 0.0696. The summed E-state index contributed by atoms with van der Waals surface area (Å²) in [6, 6.07) is 4.70. The molecule has 0 aliphatic carbocycles. The van der Waals surface area contributed by atoms with Gasteiger partial charge in [0.2, 0.25) is 0 Å². The lowest BCUT2D eigenvalue weighted by Gasteiger charge is -2.00. The molecule has 0 aromatic carbocycles. The fourth-order valence-corrected chi connectivity index (χ4v) is 2.24. The van der Waals surface area contributed by atoms with E-state index in [1.54, 1.807) is 12.1 Å². The van der Waals surface area contributed by atoms with Crippen LogP contribution in [0.1, 0.15) is 10.4 Å². The molecule has 0 saturated carbocycles. The Balaban J connectivity index is 1.88. The second-order valence-electron chi connectivity index (χ2n) is 3.78. The number of hydrogen-bond acceptors (Lipinski definition) is 6. The van der Waals surface area contributed by atoms with Gasteiger partial charge < -0.3 is 5.11 Å². The van der Waals surface area contributed by atoms with Crippen molar-refractivity contribution in [2.24, 2.45) is 0 Å². The van der Waals surface area contributed by atoms with Crippen LogP contribution in [0.15, 0.2) is 45.6 Å². The molecule has 0 bridgehead atoms. The molecule has 0 saturated heterocycles. The number of carboxylic acids is 1. The largest absolute Gasteiger partial charge is 0.478 e. The summed E-state index contributed by atoms with van der Waals surface area (Å²) in [7, 11) is 0. The maximum atomic E-state index is 11.3. The van der Waals surface area contributed by atoms with Crippen molar-refractivity contribution in [3.8, 4) is 0 Å². The van der Waals surface area contributed by atoms with Crippen LogP contribution < -0.4 is 5.69 Å². The summed E-state index contributed by atoms with van der Waals surface area (Å²) in [5.41, 5.74) is 0.222. The summed E-state index contributed by atoms with van der Waals surface area (Å²) < 4.78 is 1.28. The molecule has 0 aliphatic heterocycles. The standard InChI is InChI=1S/C11H7N5O3S/c17-10(18)6-1-2-8(12-4-6)20-9-3-7-14-15-11(19)16(7)5-13-9/h1-5H,(H,15,19)(H,17,18). The molecular weight excluding hydrogens is 282 g/mol. The smallest absolute Gasteiger partial charge is 0.348 e. The Kier molecular flexibility index (Phi) is 2.95. The highest BCUT2D eigenvalue weighted by Gasteiger charge is 2.07. The van der Waals surface area contributed by atoms with Crippen molar-refractivity contribution in [2.45, 2.75) is 10.1 Å². The maximum absolute atomic E-state index is 11.3. The highest BCUT2D eigenvalue weighted by atomic mass is 32.2. The average Bonchev–Trinajstić information content (AvgIpc) is 2.81. The van der Waals surface area contributed by atoms with Crippen LogP contribution in [-0.2, 0) is 0 Å². The molecule has 0 unspecified atom stereocenters. The number of H-pyrrole nitrogens is 1. The first-order valence-corrected chi connectivity index (χ1v) is 6.25. The summed E-state index contributed by atoms with van der Waals surface area (Å²) in [6.07, 6.45) is 2.65. The van der Waals surface area contributed by atoms with E-state index in [0.29, 0.717) is 15.7 Å². The van der Waals surface area contributed by atoms with Gasteiger partial charge in [0.1, 0.15) is 16.4 Å². The monoisotopic (exact) mass is 289 g/mol. The molecular formula is C11H7N5O3S. The van der Waals surface area contributed by atoms with Gasteiger partial charge in [-0.15, -0.1) is 0 Å². The van der Waals surface area contributed by atoms with E-state index >= 15 is 0 Å². The predicted molar refractivity (Wildman–Crippen MR) is 68.9 cm³/mol. The molecule has 0 atom stereocenters. The summed E-state index contributed by atoms with van der Waals surface area (Å²) >= 11 is 1.25. The van der Waals surface area contributed by atoms with Gasteiger partial charge in [-0.05, 0) is 23.9 Å². The minimum absolute atomic E-state index is 0.122. The molecule has 3 aromatic heterocycles. The van der Waals surface area contributed by atoms with Crippen LogP contribution in [-0.4, -0.2) is 35.6 Å². The quantitative estimate of drug-likeness (QED) is 0.681. The van der Waals surface area contributed by atoms with Gasteiger partial charge in [-0.3, -0.25) is 0 Å². The molecule has 0 aliphatic rings. The number of nitrogens with one attached hydrogen (secondary N) is 1. The Morgan fingerprint density at radius 2 is 2.15 bits per heavy atom. The predicted octanol–water partition coefficient (Wildman–Crippen LogP) is 0.662. The summed E-state index contributed by atoms with van der Waals surface area (Å²) in [4.78, 5) is 30.1. The Hall–Kier alpha value is -2.68. The molecule has 3 heterocycles. The molecule has 0 amide bonds. The van der Waals surface area contributed by atoms with Crippen molar-refractivity contribution in [1.82, 2.24) is 24.6 Å². The van der Waals surface area contributed by atoms with Crippen LogP contribution in [0, 0.1) is 0 Å². The van der Waals surface area contributed by atoms with Crippen LogP contribution in [0.2, 0.25) is 0 Å². The van der Waals surface area contributed by atoms with E-state index in [1.807, 2.05) is 0 Å². The minimum Gasteiger partial charge on any atom is -0.478 e. The third-order valence-corrected chi connectivity index (χ3v) is 3.36. The molecule has 0 spiro atoms. The molecule has 0 fully saturated rings. The molecule has 2 N–H and O–H groups in total. The number of aromatic nitrogens is 5. The van der Waals surface area contributed by atoms with Crippen LogP contribution in [0.25, 0.3) is 5.65 Å². The fraction of sp³-hybridized carbons (Fsp3) is 0. The number of hydrogen-bond donors (Lipinski definition) is 2. The van der Waals surface area contributed by atoms with Crippen molar-refractivity contribution in [1.29, 1.82) is 0 Å².